The van der Waals surface area contributed by atoms with Crippen LogP contribution in [0.15, 0.2) is 0 Å². The van der Waals surface area contributed by atoms with E-state index in [1.807, 2.05) is 7.05 Å². The Morgan fingerprint density at radius 1 is 1.64 bits per heavy atom. The van der Waals surface area contributed by atoms with Gasteiger partial charge in [0.15, 0.2) is 0 Å². The van der Waals surface area contributed by atoms with Crippen LogP contribution in [0.1, 0.15) is 20.8 Å². The molecule has 2 nitrogen and oxygen atoms in total. The van der Waals surface area contributed by atoms with Gasteiger partial charge in [0, 0.05) is 4.75 Å². The van der Waals surface area contributed by atoms with Crippen LogP contribution < -0.4 is 5.32 Å². The maximum atomic E-state index is 11.1. The molecule has 0 unspecified atom stereocenters. The molecule has 0 rings (SSSR count). The van der Waals surface area contributed by atoms with Gasteiger partial charge in [-0.05, 0) is 49.0 Å². The number of rotatable bonds is 4. The van der Waals surface area contributed by atoms with Crippen molar-refractivity contribution in [2.45, 2.75) is 31.6 Å². The molecule has 0 bridgehead atoms. The molecule has 1 N–H and O–H groups in total. The summed E-state index contributed by atoms with van der Waals surface area (Å²) in [6.45, 7) is 5.75. The largest absolute Gasteiger partial charge is 0.309 e. The van der Waals surface area contributed by atoms with Gasteiger partial charge in [0.05, 0.1) is 6.04 Å². The number of nitrogens with one attached hydrogen (secondary N) is 1. The van der Waals surface area contributed by atoms with Gasteiger partial charge in [0.25, 0.3) is 0 Å². The van der Waals surface area contributed by atoms with Crippen molar-refractivity contribution in [3.63, 3.8) is 0 Å². The molecule has 66 valence electrons. The first-order chi connectivity index (χ1) is 4.95. The lowest BCUT2D eigenvalue weighted by molar-refractivity contribution is -0.119. The van der Waals surface area contributed by atoms with Gasteiger partial charge in [0.2, 0.25) is 0 Å². The standard InChI is InChI=1S/C7H14INOS/c1-5(10)6(9-4)7(2,3)11-8/h6,9H,1-4H3/t6-/m0/s1. The van der Waals surface area contributed by atoms with E-state index in [1.165, 1.54) is 0 Å². The lowest BCUT2D eigenvalue weighted by Gasteiger charge is -2.29. The third-order valence-corrected chi connectivity index (χ3v) is 5.63. The third kappa shape index (κ3) is 3.29. The van der Waals surface area contributed by atoms with Crippen molar-refractivity contribution in [2.24, 2.45) is 0 Å². The summed E-state index contributed by atoms with van der Waals surface area (Å²) in [6, 6.07) is -0.0515. The number of ketones is 1. The van der Waals surface area contributed by atoms with Crippen molar-refractivity contribution in [1.29, 1.82) is 0 Å². The molecule has 0 aliphatic carbocycles. The number of Topliss-reactive ketones (excluding diaryl/α,β-unsaturated/α-hetero) is 1. The van der Waals surface area contributed by atoms with Gasteiger partial charge in [-0.1, -0.05) is 8.93 Å². The van der Waals surface area contributed by atoms with Crippen LogP contribution in [0, 0.1) is 0 Å². The number of halogens is 1. The summed E-state index contributed by atoms with van der Waals surface area (Å²) in [5, 5.41) is 3.02. The minimum atomic E-state index is -0.0515. The average Bonchev–Trinajstić information content (AvgIpc) is 1.88. The number of hydrogen-bond donors (Lipinski definition) is 1. The number of likely N-dealkylation sites (N-methyl/N-ethyl adjacent to an activating group) is 1. The van der Waals surface area contributed by atoms with E-state index in [2.05, 4.69) is 40.4 Å². The van der Waals surface area contributed by atoms with Gasteiger partial charge in [-0.2, -0.15) is 0 Å². The van der Waals surface area contributed by atoms with Crippen molar-refractivity contribution >= 4 is 35.9 Å². The highest BCUT2D eigenvalue weighted by Gasteiger charge is 2.31. The zero-order valence-electron chi connectivity index (χ0n) is 7.27. The average molecular weight is 287 g/mol. The fourth-order valence-electron chi connectivity index (χ4n) is 1.08. The summed E-state index contributed by atoms with van der Waals surface area (Å²) in [7, 11) is 3.49. The van der Waals surface area contributed by atoms with Crippen LogP contribution in [0.25, 0.3) is 0 Å². The lowest BCUT2D eigenvalue weighted by atomic mass is 10.0. The first kappa shape index (κ1) is 11.7. The molecular weight excluding hydrogens is 273 g/mol. The maximum absolute atomic E-state index is 11.1. The van der Waals surface area contributed by atoms with E-state index in [9.17, 15) is 4.79 Å². The molecule has 0 saturated carbocycles. The summed E-state index contributed by atoms with van der Waals surface area (Å²) in [5.74, 6) is 0.196. The smallest absolute Gasteiger partial charge is 0.148 e. The Bertz CT molecular complexity index is 149. The molecule has 0 fully saturated rings. The van der Waals surface area contributed by atoms with Crippen LogP contribution in [0.2, 0.25) is 0 Å². The fourth-order valence-corrected chi connectivity index (χ4v) is 2.22. The van der Waals surface area contributed by atoms with Gasteiger partial charge in [-0.15, -0.1) is 0 Å². The van der Waals surface area contributed by atoms with Crippen LogP contribution in [-0.4, -0.2) is 23.6 Å². The van der Waals surface area contributed by atoms with E-state index in [0.29, 0.717) is 0 Å². The third-order valence-electron chi connectivity index (χ3n) is 1.59. The predicted molar refractivity (Wildman–Crippen MR) is 59.2 cm³/mol. The molecule has 4 heteroatoms. The van der Waals surface area contributed by atoms with Crippen molar-refractivity contribution in [3.05, 3.63) is 0 Å². The highest BCUT2D eigenvalue weighted by atomic mass is 127. The second-order valence-electron chi connectivity index (χ2n) is 3.01. The van der Waals surface area contributed by atoms with E-state index in [0.717, 1.165) is 0 Å². The van der Waals surface area contributed by atoms with Crippen molar-refractivity contribution in [1.82, 2.24) is 5.32 Å². The second-order valence-corrected chi connectivity index (χ2v) is 5.54. The Labute approximate surface area is 84.5 Å². The highest BCUT2D eigenvalue weighted by molar-refractivity contribution is 14.2. The van der Waals surface area contributed by atoms with E-state index in [4.69, 9.17) is 0 Å². The minimum Gasteiger partial charge on any atom is -0.309 e. The number of carbonyl (C=O) groups excluding carboxylic acids is 1. The van der Waals surface area contributed by atoms with Gasteiger partial charge in [-0.25, -0.2) is 0 Å². The summed E-state index contributed by atoms with van der Waals surface area (Å²) in [6.07, 6.45) is 0. The summed E-state index contributed by atoms with van der Waals surface area (Å²) in [4.78, 5) is 11.1. The Balaban J connectivity index is 4.36. The fraction of sp³-hybridized carbons (Fsp3) is 0.857. The Morgan fingerprint density at radius 3 is 2.18 bits per heavy atom. The first-order valence-corrected chi connectivity index (χ1v) is 6.79. The van der Waals surface area contributed by atoms with Crippen LogP contribution in [-0.2, 0) is 4.79 Å². The molecule has 0 amide bonds. The van der Waals surface area contributed by atoms with Gasteiger partial charge in [-0.3, -0.25) is 4.79 Å². The monoisotopic (exact) mass is 287 g/mol. The van der Waals surface area contributed by atoms with E-state index in [1.54, 1.807) is 15.9 Å². The van der Waals surface area contributed by atoms with Crippen LogP contribution in [0.3, 0.4) is 0 Å². The van der Waals surface area contributed by atoms with Gasteiger partial charge in [0.1, 0.15) is 5.78 Å². The molecular formula is C7H14INOS. The van der Waals surface area contributed by atoms with Gasteiger partial charge < -0.3 is 5.32 Å². The van der Waals surface area contributed by atoms with Crippen LogP contribution in [0.5, 0.6) is 0 Å². The van der Waals surface area contributed by atoms with Crippen molar-refractivity contribution in [2.75, 3.05) is 7.05 Å². The van der Waals surface area contributed by atoms with Crippen molar-refractivity contribution < 1.29 is 4.79 Å². The topological polar surface area (TPSA) is 29.1 Å². The summed E-state index contributed by atoms with van der Waals surface area (Å²) < 4.78 is -0.0266. The Kier molecular flexibility index (Phi) is 4.97. The molecule has 0 aromatic heterocycles. The Hall–Kier alpha value is 0.710. The van der Waals surface area contributed by atoms with E-state index in [-0.39, 0.29) is 16.6 Å². The SMILES string of the molecule is CN[C@@H](C(C)=O)C(C)(C)SI. The van der Waals surface area contributed by atoms with Crippen LogP contribution >= 0.6 is 30.1 Å². The minimum absolute atomic E-state index is 0.0266. The number of hydrogen-bond acceptors (Lipinski definition) is 3. The van der Waals surface area contributed by atoms with E-state index < -0.39 is 0 Å². The lowest BCUT2D eigenvalue weighted by Crippen LogP contribution is -2.47. The quantitative estimate of drug-likeness (QED) is 0.802. The zero-order chi connectivity index (χ0) is 9.07. The van der Waals surface area contributed by atoms with Crippen molar-refractivity contribution in [3.8, 4) is 0 Å². The zero-order valence-corrected chi connectivity index (χ0v) is 10.2. The molecule has 11 heavy (non-hydrogen) atoms. The molecule has 0 aromatic rings. The normalized spacial score (nSPS) is 14.6. The molecule has 1 atom stereocenters. The molecule has 0 heterocycles. The molecule has 0 aromatic carbocycles. The molecule has 0 radical (unpaired) electrons. The predicted octanol–water partition coefficient (Wildman–Crippen LogP) is 2.03. The summed E-state index contributed by atoms with van der Waals surface area (Å²) >= 11 is 2.23. The molecule has 0 aliphatic heterocycles. The number of carbonyl (C=O) groups is 1. The molecule has 0 aliphatic rings. The van der Waals surface area contributed by atoms with E-state index >= 15 is 0 Å². The summed E-state index contributed by atoms with van der Waals surface area (Å²) in [5.41, 5.74) is 0. The second kappa shape index (κ2) is 4.67. The molecule has 0 saturated heterocycles. The van der Waals surface area contributed by atoms with Crippen LogP contribution in [0.4, 0.5) is 0 Å². The highest BCUT2D eigenvalue weighted by Crippen LogP contribution is 2.33. The Morgan fingerprint density at radius 2 is 2.09 bits per heavy atom. The maximum Gasteiger partial charge on any atom is 0.148 e. The first-order valence-electron chi connectivity index (χ1n) is 3.43. The van der Waals surface area contributed by atoms with Gasteiger partial charge >= 0.3 is 0 Å². The molecule has 0 spiro atoms.